The highest BCUT2D eigenvalue weighted by atomic mass is 35.5. The van der Waals surface area contributed by atoms with Gasteiger partial charge in [-0.15, -0.1) is 12.4 Å². The lowest BCUT2D eigenvalue weighted by Gasteiger charge is -2.33. The zero-order valence-corrected chi connectivity index (χ0v) is 15.8. The van der Waals surface area contributed by atoms with Crippen molar-refractivity contribution in [2.24, 2.45) is 17.6 Å². The van der Waals surface area contributed by atoms with Crippen LogP contribution in [-0.4, -0.2) is 42.5 Å². The van der Waals surface area contributed by atoms with Crippen LogP contribution < -0.4 is 16.4 Å². The Morgan fingerprint density at radius 2 is 1.77 bits per heavy atom. The summed E-state index contributed by atoms with van der Waals surface area (Å²) in [5.74, 6) is 0.557. The number of benzene rings is 1. The van der Waals surface area contributed by atoms with E-state index in [1.165, 1.54) is 0 Å². The lowest BCUT2D eigenvalue weighted by Crippen LogP contribution is -2.49. The number of likely N-dealkylation sites (tertiary alicyclic amines) is 1. The maximum Gasteiger partial charge on any atom is 0.321 e. The molecule has 2 fully saturated rings. The van der Waals surface area contributed by atoms with Gasteiger partial charge in [0, 0.05) is 30.7 Å². The number of carbonyl (C=O) groups is 2. The molecule has 1 aliphatic carbocycles. The van der Waals surface area contributed by atoms with Crippen LogP contribution in [0.3, 0.4) is 0 Å². The lowest BCUT2D eigenvalue weighted by atomic mass is 9.94. The molecule has 7 heteroatoms. The third kappa shape index (κ3) is 5.11. The molecule has 1 aromatic rings. The van der Waals surface area contributed by atoms with E-state index in [1.54, 1.807) is 0 Å². The first kappa shape index (κ1) is 20.5. The molecule has 4 N–H and O–H groups in total. The van der Waals surface area contributed by atoms with Gasteiger partial charge in [0.2, 0.25) is 5.91 Å². The first-order chi connectivity index (χ1) is 12.2. The summed E-state index contributed by atoms with van der Waals surface area (Å²) in [5, 5.41) is 6.09. The van der Waals surface area contributed by atoms with Crippen molar-refractivity contribution in [2.45, 2.75) is 38.1 Å². The van der Waals surface area contributed by atoms with Crippen molar-refractivity contribution in [1.29, 1.82) is 0 Å². The van der Waals surface area contributed by atoms with Crippen LogP contribution in [0.5, 0.6) is 0 Å². The summed E-state index contributed by atoms with van der Waals surface area (Å²) in [4.78, 5) is 26.6. The zero-order valence-electron chi connectivity index (χ0n) is 15.0. The monoisotopic (exact) mass is 380 g/mol. The second kappa shape index (κ2) is 9.78. The number of hydrogen-bond acceptors (Lipinski definition) is 3. The molecule has 0 spiro atoms. The number of urea groups is 1. The highest BCUT2D eigenvalue weighted by Crippen LogP contribution is 2.31. The molecule has 1 aromatic carbocycles. The van der Waals surface area contributed by atoms with E-state index in [2.05, 4.69) is 10.6 Å². The zero-order chi connectivity index (χ0) is 17.6. The predicted octanol–water partition coefficient (Wildman–Crippen LogP) is 2.60. The lowest BCUT2D eigenvalue weighted by molar-refractivity contribution is -0.126. The first-order valence-corrected chi connectivity index (χ1v) is 9.29. The van der Waals surface area contributed by atoms with Crippen LogP contribution in [0.1, 0.15) is 32.1 Å². The fourth-order valence-corrected chi connectivity index (χ4v) is 3.92. The Kier molecular flexibility index (Phi) is 7.72. The number of para-hydroxylation sites is 1. The van der Waals surface area contributed by atoms with Crippen molar-refractivity contribution < 1.29 is 9.59 Å². The van der Waals surface area contributed by atoms with Crippen LogP contribution in [0.2, 0.25) is 0 Å². The number of nitrogens with one attached hydrogen (secondary N) is 2. The molecule has 144 valence electrons. The van der Waals surface area contributed by atoms with Gasteiger partial charge in [-0.3, -0.25) is 4.79 Å². The Hall–Kier alpha value is -1.79. The first-order valence-electron chi connectivity index (χ1n) is 9.29. The molecular weight excluding hydrogens is 352 g/mol. The Morgan fingerprint density at radius 1 is 1.08 bits per heavy atom. The van der Waals surface area contributed by atoms with E-state index in [4.69, 9.17) is 5.73 Å². The molecule has 0 bridgehead atoms. The Morgan fingerprint density at radius 3 is 2.42 bits per heavy atom. The molecule has 3 rings (SSSR count). The number of amides is 3. The Balaban J connectivity index is 0.00000243. The SMILES string of the molecule is Cl.NC[C@H]1CCC[C@H]1C(=O)NC1CCN(C(=O)Nc2ccccc2)CC1. The topological polar surface area (TPSA) is 87.5 Å². The van der Waals surface area contributed by atoms with Gasteiger partial charge in [0.25, 0.3) is 0 Å². The van der Waals surface area contributed by atoms with Gasteiger partial charge < -0.3 is 21.3 Å². The molecule has 6 nitrogen and oxygen atoms in total. The number of rotatable bonds is 4. The Labute approximate surface area is 161 Å². The number of hydrogen-bond donors (Lipinski definition) is 3. The largest absolute Gasteiger partial charge is 0.353 e. The minimum atomic E-state index is -0.0741. The van der Waals surface area contributed by atoms with Crippen molar-refractivity contribution in [3.05, 3.63) is 30.3 Å². The van der Waals surface area contributed by atoms with Gasteiger partial charge in [-0.1, -0.05) is 24.6 Å². The van der Waals surface area contributed by atoms with Crippen molar-refractivity contribution in [3.63, 3.8) is 0 Å². The van der Waals surface area contributed by atoms with Crippen LogP contribution in [0.15, 0.2) is 30.3 Å². The van der Waals surface area contributed by atoms with Crippen LogP contribution in [0.4, 0.5) is 10.5 Å². The summed E-state index contributed by atoms with van der Waals surface area (Å²) in [5.41, 5.74) is 6.58. The van der Waals surface area contributed by atoms with Crippen molar-refractivity contribution in [3.8, 4) is 0 Å². The van der Waals surface area contributed by atoms with Crippen LogP contribution in [0, 0.1) is 11.8 Å². The number of piperidine rings is 1. The molecular formula is C19H29ClN4O2. The summed E-state index contributed by atoms with van der Waals surface area (Å²) < 4.78 is 0. The summed E-state index contributed by atoms with van der Waals surface area (Å²) in [6, 6.07) is 9.55. The minimum Gasteiger partial charge on any atom is -0.353 e. The maximum absolute atomic E-state index is 12.5. The number of nitrogens with two attached hydrogens (primary N) is 1. The molecule has 0 radical (unpaired) electrons. The van der Waals surface area contributed by atoms with Gasteiger partial charge in [0.1, 0.15) is 0 Å². The number of nitrogens with zero attached hydrogens (tertiary/aromatic N) is 1. The molecule has 0 unspecified atom stereocenters. The van der Waals surface area contributed by atoms with Crippen molar-refractivity contribution in [1.82, 2.24) is 10.2 Å². The fourth-order valence-electron chi connectivity index (χ4n) is 3.92. The summed E-state index contributed by atoms with van der Waals surface area (Å²) in [6.45, 7) is 1.92. The highest BCUT2D eigenvalue weighted by molar-refractivity contribution is 5.89. The average Bonchev–Trinajstić information content (AvgIpc) is 3.12. The van der Waals surface area contributed by atoms with E-state index in [0.717, 1.165) is 37.8 Å². The minimum absolute atomic E-state index is 0. The normalized spacial score (nSPS) is 23.2. The van der Waals surface area contributed by atoms with Crippen LogP contribution in [-0.2, 0) is 4.79 Å². The van der Waals surface area contributed by atoms with Crippen molar-refractivity contribution >= 4 is 30.0 Å². The molecule has 2 atom stereocenters. The fraction of sp³-hybridized carbons (Fsp3) is 0.579. The van der Waals surface area contributed by atoms with Gasteiger partial charge in [-0.2, -0.15) is 0 Å². The smallest absolute Gasteiger partial charge is 0.321 e. The molecule has 1 saturated heterocycles. The molecule has 1 aliphatic heterocycles. The standard InChI is InChI=1S/C19H28N4O2.ClH/c20-13-14-5-4-8-17(14)18(24)21-16-9-11-23(12-10-16)19(25)22-15-6-2-1-3-7-15;/h1-3,6-7,14,16-17H,4-5,8-13,20H2,(H,21,24)(H,22,25);1H/t14-,17-;/m1./s1. The second-order valence-corrected chi connectivity index (χ2v) is 7.10. The molecule has 1 heterocycles. The van der Waals surface area contributed by atoms with Gasteiger partial charge in [0.15, 0.2) is 0 Å². The second-order valence-electron chi connectivity index (χ2n) is 7.10. The van der Waals surface area contributed by atoms with Crippen molar-refractivity contribution in [2.75, 3.05) is 25.0 Å². The molecule has 0 aromatic heterocycles. The number of halogens is 1. The van der Waals surface area contributed by atoms with E-state index in [-0.39, 0.29) is 36.3 Å². The van der Waals surface area contributed by atoms with E-state index in [0.29, 0.717) is 25.6 Å². The maximum atomic E-state index is 12.5. The van der Waals surface area contributed by atoms with Gasteiger partial charge in [0.05, 0.1) is 0 Å². The third-order valence-corrected chi connectivity index (χ3v) is 5.45. The van der Waals surface area contributed by atoms with E-state index in [1.807, 2.05) is 35.2 Å². The summed E-state index contributed by atoms with van der Waals surface area (Å²) >= 11 is 0. The third-order valence-electron chi connectivity index (χ3n) is 5.45. The number of anilines is 1. The molecule has 3 amide bonds. The summed E-state index contributed by atoms with van der Waals surface area (Å²) in [7, 11) is 0. The quantitative estimate of drug-likeness (QED) is 0.750. The van der Waals surface area contributed by atoms with Gasteiger partial charge >= 0.3 is 6.03 Å². The molecule has 26 heavy (non-hydrogen) atoms. The van der Waals surface area contributed by atoms with E-state index < -0.39 is 0 Å². The highest BCUT2D eigenvalue weighted by Gasteiger charge is 2.33. The summed E-state index contributed by atoms with van der Waals surface area (Å²) in [6.07, 6.45) is 4.71. The van der Waals surface area contributed by atoms with Gasteiger partial charge in [-0.05, 0) is 50.3 Å². The van der Waals surface area contributed by atoms with Gasteiger partial charge in [-0.25, -0.2) is 4.79 Å². The van der Waals surface area contributed by atoms with E-state index >= 15 is 0 Å². The Bertz CT molecular complexity index is 590. The molecule has 1 saturated carbocycles. The van der Waals surface area contributed by atoms with E-state index in [9.17, 15) is 9.59 Å². The predicted molar refractivity (Wildman–Crippen MR) is 105 cm³/mol. The molecule has 2 aliphatic rings. The number of carbonyl (C=O) groups excluding carboxylic acids is 2. The average molecular weight is 381 g/mol. The van der Waals surface area contributed by atoms with Crippen LogP contribution >= 0.6 is 12.4 Å². The van der Waals surface area contributed by atoms with Crippen LogP contribution in [0.25, 0.3) is 0 Å².